The lowest BCUT2D eigenvalue weighted by Gasteiger charge is -2.31. The number of carbonyl (C=O) groups is 1. The number of ether oxygens (including phenoxy) is 1. The molecule has 3 aromatic rings. The van der Waals surface area contributed by atoms with E-state index in [1.807, 2.05) is 47.6 Å². The van der Waals surface area contributed by atoms with E-state index in [1.54, 1.807) is 0 Å². The Labute approximate surface area is 199 Å². The van der Waals surface area contributed by atoms with Crippen LogP contribution in [0, 0.1) is 13.8 Å². The Morgan fingerprint density at radius 1 is 1.09 bits per heavy atom. The molecular formula is C23H24F3N5O2S. The van der Waals surface area contributed by atoms with E-state index in [-0.39, 0.29) is 11.4 Å². The highest BCUT2D eigenvalue weighted by Gasteiger charge is 2.32. The molecule has 0 aliphatic carbocycles. The van der Waals surface area contributed by atoms with Gasteiger partial charge < -0.3 is 15.0 Å². The molecule has 1 aliphatic heterocycles. The van der Waals surface area contributed by atoms with Crippen molar-refractivity contribution in [2.75, 3.05) is 42.3 Å². The molecule has 1 aliphatic rings. The Balaban J connectivity index is 1.53. The molecular weight excluding hydrogens is 467 g/mol. The Bertz CT molecular complexity index is 1180. The summed E-state index contributed by atoms with van der Waals surface area (Å²) < 4.78 is 47.2. The number of benzene rings is 2. The van der Waals surface area contributed by atoms with E-state index in [4.69, 9.17) is 4.74 Å². The highest BCUT2D eigenvalue weighted by Crippen LogP contribution is 2.36. The predicted octanol–water partition coefficient (Wildman–Crippen LogP) is 4.47. The van der Waals surface area contributed by atoms with E-state index in [2.05, 4.69) is 15.5 Å². The first-order chi connectivity index (χ1) is 16.2. The number of aryl methyl sites for hydroxylation is 2. The summed E-state index contributed by atoms with van der Waals surface area (Å²) in [6.07, 6.45) is -4.51. The normalized spacial score (nSPS) is 14.3. The lowest BCUT2D eigenvalue weighted by atomic mass is 10.1. The van der Waals surface area contributed by atoms with Crippen LogP contribution >= 0.6 is 11.8 Å². The zero-order valence-electron chi connectivity index (χ0n) is 18.7. The van der Waals surface area contributed by atoms with Crippen LogP contribution < -0.4 is 10.2 Å². The van der Waals surface area contributed by atoms with Crippen LogP contribution in [0.3, 0.4) is 0 Å². The fourth-order valence-electron chi connectivity index (χ4n) is 3.74. The second kappa shape index (κ2) is 10.1. The monoisotopic (exact) mass is 491 g/mol. The van der Waals surface area contributed by atoms with E-state index >= 15 is 0 Å². The topological polar surface area (TPSA) is 72.3 Å². The van der Waals surface area contributed by atoms with Crippen LogP contribution in [-0.2, 0) is 15.7 Å². The van der Waals surface area contributed by atoms with E-state index in [0.29, 0.717) is 43.0 Å². The highest BCUT2D eigenvalue weighted by atomic mass is 32.2. The fourth-order valence-corrected chi connectivity index (χ4v) is 4.53. The van der Waals surface area contributed by atoms with Gasteiger partial charge in [-0.05, 0) is 43.7 Å². The zero-order valence-corrected chi connectivity index (χ0v) is 19.5. The van der Waals surface area contributed by atoms with Gasteiger partial charge in [-0.1, -0.05) is 30.0 Å². The molecule has 0 spiro atoms. The quantitative estimate of drug-likeness (QED) is 0.513. The number of nitrogens with one attached hydrogen (secondary N) is 1. The number of amides is 1. The molecule has 1 amide bonds. The maximum atomic E-state index is 13.3. The minimum atomic E-state index is -4.51. The Kier molecular flexibility index (Phi) is 7.13. The lowest BCUT2D eigenvalue weighted by molar-refractivity contribution is -0.137. The summed E-state index contributed by atoms with van der Waals surface area (Å²) in [4.78, 5) is 14.7. The van der Waals surface area contributed by atoms with Gasteiger partial charge in [0, 0.05) is 13.1 Å². The summed E-state index contributed by atoms with van der Waals surface area (Å²) in [5.41, 5.74) is 1.77. The molecule has 0 radical (unpaired) electrons. The first-order valence-electron chi connectivity index (χ1n) is 10.7. The number of thioether (sulfide) groups is 1. The predicted molar refractivity (Wildman–Crippen MR) is 125 cm³/mol. The second-order valence-corrected chi connectivity index (χ2v) is 8.76. The maximum absolute atomic E-state index is 13.3. The first-order valence-corrected chi connectivity index (χ1v) is 11.7. The molecule has 1 aromatic heterocycles. The van der Waals surface area contributed by atoms with Gasteiger partial charge in [0.2, 0.25) is 5.91 Å². The van der Waals surface area contributed by atoms with Gasteiger partial charge in [0.1, 0.15) is 5.82 Å². The first kappa shape index (κ1) is 24.1. The van der Waals surface area contributed by atoms with Gasteiger partial charge >= 0.3 is 6.18 Å². The van der Waals surface area contributed by atoms with Gasteiger partial charge in [-0.15, -0.1) is 10.2 Å². The van der Waals surface area contributed by atoms with Crippen LogP contribution in [0.1, 0.15) is 17.0 Å². The van der Waals surface area contributed by atoms with Gasteiger partial charge in [-0.2, -0.15) is 13.2 Å². The number of hydrogen-bond donors (Lipinski definition) is 1. The highest BCUT2D eigenvalue weighted by molar-refractivity contribution is 7.99. The average molecular weight is 492 g/mol. The van der Waals surface area contributed by atoms with Crippen molar-refractivity contribution in [3.8, 4) is 5.69 Å². The van der Waals surface area contributed by atoms with E-state index in [1.165, 1.54) is 17.8 Å². The van der Waals surface area contributed by atoms with E-state index in [9.17, 15) is 18.0 Å². The summed E-state index contributed by atoms with van der Waals surface area (Å²) in [7, 11) is 0. The van der Waals surface area contributed by atoms with Crippen molar-refractivity contribution in [1.82, 2.24) is 14.8 Å². The largest absolute Gasteiger partial charge is 0.416 e. The smallest absolute Gasteiger partial charge is 0.378 e. The summed E-state index contributed by atoms with van der Waals surface area (Å²) in [6, 6.07) is 11.2. The third kappa shape index (κ3) is 5.36. The number of carbonyl (C=O) groups excluding carboxylic acids is 1. The minimum absolute atomic E-state index is 0.0389. The molecule has 7 nitrogen and oxygen atoms in total. The number of anilines is 2. The Morgan fingerprint density at radius 3 is 2.53 bits per heavy atom. The maximum Gasteiger partial charge on any atom is 0.416 e. The third-order valence-electron chi connectivity index (χ3n) is 5.43. The minimum Gasteiger partial charge on any atom is -0.378 e. The van der Waals surface area contributed by atoms with E-state index < -0.39 is 17.6 Å². The third-order valence-corrected chi connectivity index (χ3v) is 6.36. The molecule has 0 bridgehead atoms. The summed E-state index contributed by atoms with van der Waals surface area (Å²) in [5, 5.41) is 11.5. The van der Waals surface area contributed by atoms with Crippen molar-refractivity contribution in [2.45, 2.75) is 25.2 Å². The molecule has 180 valence electrons. The van der Waals surface area contributed by atoms with Gasteiger partial charge in [0.15, 0.2) is 5.16 Å². The number of para-hydroxylation sites is 1. The number of rotatable bonds is 6. The molecule has 0 saturated carbocycles. The van der Waals surface area contributed by atoms with Crippen LogP contribution in [0.5, 0.6) is 0 Å². The summed E-state index contributed by atoms with van der Waals surface area (Å²) in [6.45, 7) is 5.79. The average Bonchev–Trinajstić information content (AvgIpc) is 3.18. The number of morpholine rings is 1. The van der Waals surface area contributed by atoms with Crippen LogP contribution in [0.2, 0.25) is 0 Å². The van der Waals surface area contributed by atoms with Gasteiger partial charge in [0.25, 0.3) is 0 Å². The van der Waals surface area contributed by atoms with Gasteiger partial charge in [0.05, 0.1) is 41.6 Å². The SMILES string of the molecule is Cc1ccccc1-n1c(C)nnc1SCC(=O)Nc1cc(C(F)(F)F)ccc1N1CCOCC1. The second-order valence-electron chi connectivity index (χ2n) is 7.82. The van der Waals surface area contributed by atoms with Gasteiger partial charge in [-0.3, -0.25) is 9.36 Å². The number of nitrogens with zero attached hydrogens (tertiary/aromatic N) is 4. The molecule has 4 rings (SSSR count). The zero-order chi connectivity index (χ0) is 24.3. The van der Waals surface area contributed by atoms with Crippen molar-refractivity contribution in [2.24, 2.45) is 0 Å². The number of halogens is 3. The molecule has 0 unspecified atom stereocenters. The van der Waals surface area contributed by atoms with Crippen molar-refractivity contribution in [1.29, 1.82) is 0 Å². The fraction of sp³-hybridized carbons (Fsp3) is 0.348. The van der Waals surface area contributed by atoms with E-state index in [0.717, 1.165) is 23.4 Å². The number of alkyl halides is 3. The molecule has 1 N–H and O–H groups in total. The molecule has 11 heteroatoms. The van der Waals surface area contributed by atoms with Crippen molar-refractivity contribution in [3.05, 3.63) is 59.4 Å². The van der Waals surface area contributed by atoms with Gasteiger partial charge in [-0.25, -0.2) is 0 Å². The molecule has 0 atom stereocenters. The van der Waals surface area contributed by atoms with Crippen molar-refractivity contribution < 1.29 is 22.7 Å². The van der Waals surface area contributed by atoms with Crippen LogP contribution in [0.15, 0.2) is 47.6 Å². The molecule has 2 heterocycles. The van der Waals surface area contributed by atoms with Crippen LogP contribution in [0.4, 0.5) is 24.5 Å². The molecule has 1 saturated heterocycles. The molecule has 1 fully saturated rings. The lowest BCUT2D eigenvalue weighted by Crippen LogP contribution is -2.37. The van der Waals surface area contributed by atoms with Crippen molar-refractivity contribution >= 4 is 29.0 Å². The number of hydrogen-bond acceptors (Lipinski definition) is 6. The Morgan fingerprint density at radius 2 is 1.82 bits per heavy atom. The standard InChI is InChI=1S/C23H24F3N5O2S/c1-15-5-3-4-6-19(15)31-16(2)28-29-22(31)34-14-21(32)27-18-13-17(23(24,25)26)7-8-20(18)30-9-11-33-12-10-30/h3-8,13H,9-12,14H2,1-2H3,(H,27,32). The van der Waals surface area contributed by atoms with Crippen molar-refractivity contribution in [3.63, 3.8) is 0 Å². The molecule has 2 aromatic carbocycles. The number of aromatic nitrogens is 3. The van der Waals surface area contributed by atoms with Crippen LogP contribution in [-0.4, -0.2) is 52.7 Å². The molecule has 34 heavy (non-hydrogen) atoms. The van der Waals surface area contributed by atoms with Crippen LogP contribution in [0.25, 0.3) is 5.69 Å². The summed E-state index contributed by atoms with van der Waals surface area (Å²) in [5.74, 6) is 0.198. The summed E-state index contributed by atoms with van der Waals surface area (Å²) >= 11 is 1.17. The Hall–Kier alpha value is -3.05.